The van der Waals surface area contributed by atoms with Gasteiger partial charge in [-0.3, -0.25) is 10.00 Å². The molecule has 2 heterocycles. The molecule has 0 saturated carbocycles. The summed E-state index contributed by atoms with van der Waals surface area (Å²) in [5, 5.41) is 4.89. The number of rotatable bonds is 6. The van der Waals surface area contributed by atoms with Crippen molar-refractivity contribution < 1.29 is 13.2 Å². The lowest BCUT2D eigenvalue weighted by Gasteiger charge is -2.23. The number of aromatic nitrogens is 3. The lowest BCUT2D eigenvalue weighted by atomic mass is 10.2. The molecule has 25 heavy (non-hydrogen) atoms. The molecule has 0 aliphatic rings. The van der Waals surface area contributed by atoms with Crippen LogP contribution in [0.5, 0.6) is 0 Å². The highest BCUT2D eigenvalue weighted by Gasteiger charge is 2.31. The van der Waals surface area contributed by atoms with Crippen LogP contribution in [0.15, 0.2) is 47.8 Å². The van der Waals surface area contributed by atoms with Gasteiger partial charge in [-0.25, -0.2) is 4.68 Å². The largest absolute Gasteiger partial charge is 0.401 e. The molecule has 2 aromatic heterocycles. The Bertz CT molecular complexity index is 854. The smallest absolute Gasteiger partial charge is 0.277 e. The molecule has 0 spiro atoms. The summed E-state index contributed by atoms with van der Waals surface area (Å²) in [5.41, 5.74) is 0.802. The van der Waals surface area contributed by atoms with Crippen LogP contribution in [-0.4, -0.2) is 32.4 Å². The van der Waals surface area contributed by atoms with E-state index in [0.717, 1.165) is 10.4 Å². The van der Waals surface area contributed by atoms with E-state index < -0.39 is 12.7 Å². The van der Waals surface area contributed by atoms with Gasteiger partial charge in [-0.05, 0) is 29.2 Å². The molecule has 0 aliphatic heterocycles. The van der Waals surface area contributed by atoms with Gasteiger partial charge in [0.05, 0.1) is 18.1 Å². The van der Waals surface area contributed by atoms with Crippen LogP contribution < -0.4 is 0 Å². The zero-order chi connectivity index (χ0) is 17.9. The van der Waals surface area contributed by atoms with Gasteiger partial charge in [0.15, 0.2) is 5.82 Å². The Morgan fingerprint density at radius 2 is 1.92 bits per heavy atom. The first kappa shape index (κ1) is 17.8. The van der Waals surface area contributed by atoms with Crippen LogP contribution in [0.25, 0.3) is 10.7 Å². The van der Waals surface area contributed by atoms with Crippen molar-refractivity contribution in [2.24, 2.45) is 0 Å². The van der Waals surface area contributed by atoms with Gasteiger partial charge in [0.1, 0.15) is 0 Å². The lowest BCUT2D eigenvalue weighted by molar-refractivity contribution is -0.151. The number of halogens is 3. The Kier molecular flexibility index (Phi) is 5.36. The average Bonchev–Trinajstić information content (AvgIpc) is 3.17. The molecule has 0 fully saturated rings. The number of benzene rings is 1. The van der Waals surface area contributed by atoms with Crippen LogP contribution in [0, 0.1) is 4.77 Å². The first-order valence-electron chi connectivity index (χ1n) is 7.44. The molecular weight excluding hydrogens is 369 g/mol. The molecule has 0 saturated heterocycles. The van der Waals surface area contributed by atoms with Gasteiger partial charge in [-0.2, -0.15) is 18.2 Å². The second kappa shape index (κ2) is 7.51. The minimum atomic E-state index is -4.30. The summed E-state index contributed by atoms with van der Waals surface area (Å²) >= 11 is 6.67. The normalized spacial score (nSPS) is 12.0. The number of hydrogen-bond donors (Lipinski definition) is 1. The van der Waals surface area contributed by atoms with Crippen molar-refractivity contribution in [3.63, 3.8) is 0 Å². The van der Waals surface area contributed by atoms with Crippen LogP contribution >= 0.6 is 23.6 Å². The summed E-state index contributed by atoms with van der Waals surface area (Å²) in [5.74, 6) is 0.562. The summed E-state index contributed by atoms with van der Waals surface area (Å²) in [4.78, 5) is 6.40. The molecule has 4 nitrogen and oxygen atoms in total. The number of aromatic amines is 1. The summed E-state index contributed by atoms with van der Waals surface area (Å²) in [6.45, 7) is -0.891. The van der Waals surface area contributed by atoms with Crippen LogP contribution in [0.1, 0.15) is 5.56 Å². The number of H-pyrrole nitrogens is 1. The van der Waals surface area contributed by atoms with Crippen LogP contribution in [-0.2, 0) is 13.2 Å². The van der Waals surface area contributed by atoms with Crippen molar-refractivity contribution in [1.82, 2.24) is 19.7 Å². The predicted molar refractivity (Wildman–Crippen MR) is 93.6 cm³/mol. The quantitative estimate of drug-likeness (QED) is 0.627. The van der Waals surface area contributed by atoms with Crippen LogP contribution in [0.4, 0.5) is 13.2 Å². The molecule has 1 N–H and O–H groups in total. The third kappa shape index (κ3) is 5.00. The molecule has 0 amide bonds. The maximum absolute atomic E-state index is 12.9. The molecule has 0 bridgehead atoms. The number of nitrogens with one attached hydrogen (secondary N) is 1. The molecule has 3 aromatic rings. The number of thiophene rings is 1. The monoisotopic (exact) mass is 384 g/mol. The average molecular weight is 384 g/mol. The van der Waals surface area contributed by atoms with Crippen molar-refractivity contribution in [1.29, 1.82) is 0 Å². The fraction of sp³-hybridized carbons (Fsp3) is 0.250. The standard InChI is InChI=1S/C16H15F3N4S2/c17-16(18,19)10-22(9-12-5-2-1-3-6-12)11-23-15(24)20-14(21-23)13-7-4-8-25-13/h1-8H,9-11H2,(H,20,21,24). The maximum atomic E-state index is 12.9. The molecular formula is C16H15F3N4S2. The van der Waals surface area contributed by atoms with Crippen LogP contribution in [0.2, 0.25) is 0 Å². The van der Waals surface area contributed by atoms with E-state index in [1.807, 2.05) is 23.6 Å². The van der Waals surface area contributed by atoms with E-state index in [-0.39, 0.29) is 18.0 Å². The fourth-order valence-electron chi connectivity index (χ4n) is 2.43. The SMILES string of the molecule is FC(F)(F)CN(Cc1ccccc1)Cn1[nH]c(-c2cccs2)nc1=S. The zero-order valence-electron chi connectivity index (χ0n) is 13.0. The van der Waals surface area contributed by atoms with E-state index in [0.29, 0.717) is 5.82 Å². The van der Waals surface area contributed by atoms with E-state index in [1.165, 1.54) is 20.9 Å². The van der Waals surface area contributed by atoms with Crippen molar-refractivity contribution >= 4 is 23.6 Å². The van der Waals surface area contributed by atoms with Gasteiger partial charge in [0.25, 0.3) is 0 Å². The predicted octanol–water partition coefficient (Wildman–Crippen LogP) is 4.69. The van der Waals surface area contributed by atoms with Crippen LogP contribution in [0.3, 0.4) is 0 Å². The highest BCUT2D eigenvalue weighted by Crippen LogP contribution is 2.22. The lowest BCUT2D eigenvalue weighted by Crippen LogP contribution is -2.35. The van der Waals surface area contributed by atoms with Crippen molar-refractivity contribution in [2.45, 2.75) is 19.4 Å². The van der Waals surface area contributed by atoms with Crippen molar-refractivity contribution in [2.75, 3.05) is 6.54 Å². The molecule has 1 aromatic carbocycles. The Morgan fingerprint density at radius 1 is 1.16 bits per heavy atom. The van der Waals surface area contributed by atoms with Gasteiger partial charge in [-0.1, -0.05) is 36.4 Å². The van der Waals surface area contributed by atoms with E-state index in [1.54, 1.807) is 24.3 Å². The molecule has 132 valence electrons. The molecule has 0 radical (unpaired) electrons. The van der Waals surface area contributed by atoms with E-state index in [2.05, 4.69) is 10.1 Å². The second-order valence-corrected chi connectivity index (χ2v) is 6.80. The van der Waals surface area contributed by atoms with Gasteiger partial charge < -0.3 is 0 Å². The number of nitrogens with zero attached hydrogens (tertiary/aromatic N) is 3. The number of alkyl halides is 3. The zero-order valence-corrected chi connectivity index (χ0v) is 14.7. The number of hydrogen-bond acceptors (Lipinski definition) is 4. The maximum Gasteiger partial charge on any atom is 0.401 e. The van der Waals surface area contributed by atoms with E-state index in [4.69, 9.17) is 12.2 Å². The Morgan fingerprint density at radius 3 is 2.56 bits per heavy atom. The molecule has 0 atom stereocenters. The molecule has 0 aliphatic carbocycles. The summed E-state index contributed by atoms with van der Waals surface area (Å²) in [6, 6.07) is 12.8. The van der Waals surface area contributed by atoms with Gasteiger partial charge >= 0.3 is 6.18 Å². The van der Waals surface area contributed by atoms with E-state index >= 15 is 0 Å². The highest BCUT2D eigenvalue weighted by molar-refractivity contribution is 7.71. The minimum Gasteiger partial charge on any atom is -0.277 e. The summed E-state index contributed by atoms with van der Waals surface area (Å²) < 4.78 is 40.5. The van der Waals surface area contributed by atoms with Crippen molar-refractivity contribution in [3.05, 3.63) is 58.2 Å². The fourth-order valence-corrected chi connectivity index (χ4v) is 3.29. The van der Waals surface area contributed by atoms with Gasteiger partial charge in [0.2, 0.25) is 4.77 Å². The molecule has 0 unspecified atom stereocenters. The Labute approximate surface area is 151 Å². The Hall–Kier alpha value is -1.97. The third-order valence-electron chi connectivity index (χ3n) is 3.43. The highest BCUT2D eigenvalue weighted by atomic mass is 32.1. The second-order valence-electron chi connectivity index (χ2n) is 5.49. The third-order valence-corrected chi connectivity index (χ3v) is 4.62. The summed E-state index contributed by atoms with van der Waals surface area (Å²) in [7, 11) is 0. The topological polar surface area (TPSA) is 36.9 Å². The van der Waals surface area contributed by atoms with Crippen molar-refractivity contribution in [3.8, 4) is 10.7 Å². The van der Waals surface area contributed by atoms with E-state index in [9.17, 15) is 13.2 Å². The van der Waals surface area contributed by atoms with Gasteiger partial charge in [-0.15, -0.1) is 11.3 Å². The minimum absolute atomic E-state index is 0.0222. The Balaban J connectivity index is 1.81. The first-order valence-corrected chi connectivity index (χ1v) is 8.73. The first-order chi connectivity index (χ1) is 11.9. The molecule has 3 rings (SSSR count). The van der Waals surface area contributed by atoms with Gasteiger partial charge in [0, 0.05) is 6.54 Å². The summed E-state index contributed by atoms with van der Waals surface area (Å²) in [6.07, 6.45) is -4.30. The molecule has 9 heteroatoms.